The molecule has 0 aliphatic rings. The highest BCUT2D eigenvalue weighted by Crippen LogP contribution is 2.18. The normalized spacial score (nSPS) is 10.6. The molecule has 0 bridgehead atoms. The lowest BCUT2D eigenvalue weighted by Gasteiger charge is -2.07. The van der Waals surface area contributed by atoms with E-state index >= 15 is 0 Å². The predicted octanol–water partition coefficient (Wildman–Crippen LogP) is 5.26. The SMILES string of the molecule is CCCCCCCCCOc1cc(C)ccc1F. The van der Waals surface area contributed by atoms with Crippen LogP contribution in [-0.2, 0) is 0 Å². The van der Waals surface area contributed by atoms with E-state index in [0.717, 1.165) is 12.0 Å². The Labute approximate surface area is 110 Å². The van der Waals surface area contributed by atoms with Gasteiger partial charge in [0.05, 0.1) is 6.61 Å². The molecule has 0 amide bonds. The summed E-state index contributed by atoms with van der Waals surface area (Å²) in [5, 5.41) is 0. The van der Waals surface area contributed by atoms with E-state index in [4.69, 9.17) is 4.74 Å². The molecule has 1 aromatic rings. The van der Waals surface area contributed by atoms with E-state index in [1.165, 1.54) is 44.6 Å². The predicted molar refractivity (Wildman–Crippen MR) is 74.6 cm³/mol. The zero-order valence-corrected chi connectivity index (χ0v) is 11.7. The van der Waals surface area contributed by atoms with Crippen molar-refractivity contribution in [1.82, 2.24) is 0 Å². The minimum atomic E-state index is -0.261. The number of unbranched alkanes of at least 4 members (excludes halogenated alkanes) is 6. The Balaban J connectivity index is 2.09. The van der Waals surface area contributed by atoms with E-state index in [1.54, 1.807) is 12.1 Å². The Morgan fingerprint density at radius 2 is 1.67 bits per heavy atom. The van der Waals surface area contributed by atoms with Crippen molar-refractivity contribution in [3.8, 4) is 5.75 Å². The van der Waals surface area contributed by atoms with Crippen molar-refractivity contribution in [2.75, 3.05) is 6.61 Å². The first-order valence-corrected chi connectivity index (χ1v) is 7.13. The van der Waals surface area contributed by atoms with Gasteiger partial charge >= 0.3 is 0 Å². The molecule has 102 valence electrons. The minimum Gasteiger partial charge on any atom is -0.491 e. The number of aryl methyl sites for hydroxylation is 1. The lowest BCUT2D eigenvalue weighted by Crippen LogP contribution is -1.99. The lowest BCUT2D eigenvalue weighted by atomic mass is 10.1. The molecule has 0 saturated carbocycles. The molecule has 1 aromatic carbocycles. The maximum Gasteiger partial charge on any atom is 0.165 e. The second kappa shape index (κ2) is 8.96. The molecule has 2 heteroatoms. The smallest absolute Gasteiger partial charge is 0.165 e. The van der Waals surface area contributed by atoms with Crippen LogP contribution in [0.4, 0.5) is 4.39 Å². The van der Waals surface area contributed by atoms with Crippen LogP contribution < -0.4 is 4.74 Å². The first kappa shape index (κ1) is 15.0. The maximum absolute atomic E-state index is 13.4. The van der Waals surface area contributed by atoms with E-state index in [-0.39, 0.29) is 5.82 Å². The van der Waals surface area contributed by atoms with Crippen LogP contribution in [0.3, 0.4) is 0 Å². The summed E-state index contributed by atoms with van der Waals surface area (Å²) in [5.41, 5.74) is 1.03. The lowest BCUT2D eigenvalue weighted by molar-refractivity contribution is 0.289. The molecule has 1 nitrogen and oxygen atoms in total. The number of hydrogen-bond donors (Lipinski definition) is 0. The van der Waals surface area contributed by atoms with Gasteiger partial charge in [-0.25, -0.2) is 4.39 Å². The van der Waals surface area contributed by atoms with E-state index in [0.29, 0.717) is 12.4 Å². The molecule has 0 aliphatic carbocycles. The molecule has 0 radical (unpaired) electrons. The molecule has 0 aliphatic heterocycles. The highest BCUT2D eigenvalue weighted by molar-refractivity contribution is 5.29. The van der Waals surface area contributed by atoms with Gasteiger partial charge in [0.15, 0.2) is 11.6 Å². The van der Waals surface area contributed by atoms with Crippen molar-refractivity contribution in [2.24, 2.45) is 0 Å². The summed E-state index contributed by atoms with van der Waals surface area (Å²) >= 11 is 0. The van der Waals surface area contributed by atoms with Gasteiger partial charge in [-0.05, 0) is 31.0 Å². The summed E-state index contributed by atoms with van der Waals surface area (Å²) in [6.07, 6.45) is 8.73. The second-order valence-electron chi connectivity index (χ2n) is 4.90. The van der Waals surface area contributed by atoms with E-state index < -0.39 is 0 Å². The number of benzene rings is 1. The van der Waals surface area contributed by atoms with Gasteiger partial charge in [-0.2, -0.15) is 0 Å². The Kier molecular flexibility index (Phi) is 7.47. The van der Waals surface area contributed by atoms with Crippen molar-refractivity contribution in [3.63, 3.8) is 0 Å². The second-order valence-corrected chi connectivity index (χ2v) is 4.90. The van der Waals surface area contributed by atoms with Crippen LogP contribution in [0.2, 0.25) is 0 Å². The van der Waals surface area contributed by atoms with Gasteiger partial charge in [-0.1, -0.05) is 51.5 Å². The van der Waals surface area contributed by atoms with E-state index in [1.807, 2.05) is 6.92 Å². The zero-order chi connectivity index (χ0) is 13.2. The zero-order valence-electron chi connectivity index (χ0n) is 11.7. The van der Waals surface area contributed by atoms with Crippen LogP contribution in [-0.4, -0.2) is 6.61 Å². The Hall–Kier alpha value is -1.05. The van der Waals surface area contributed by atoms with Crippen LogP contribution in [0.1, 0.15) is 57.4 Å². The minimum absolute atomic E-state index is 0.261. The van der Waals surface area contributed by atoms with Gasteiger partial charge in [0.25, 0.3) is 0 Å². The Morgan fingerprint density at radius 1 is 1.00 bits per heavy atom. The van der Waals surface area contributed by atoms with Gasteiger partial charge in [-0.3, -0.25) is 0 Å². The molecule has 0 spiro atoms. The first-order valence-electron chi connectivity index (χ1n) is 7.13. The van der Waals surface area contributed by atoms with Crippen molar-refractivity contribution in [3.05, 3.63) is 29.6 Å². The van der Waals surface area contributed by atoms with E-state index in [2.05, 4.69) is 6.92 Å². The topological polar surface area (TPSA) is 9.23 Å². The molecular formula is C16H25FO. The fourth-order valence-electron chi connectivity index (χ4n) is 1.96. The summed E-state index contributed by atoms with van der Waals surface area (Å²) < 4.78 is 18.8. The standard InChI is InChI=1S/C16H25FO/c1-3-4-5-6-7-8-9-12-18-16-13-14(2)10-11-15(16)17/h10-11,13H,3-9,12H2,1-2H3. The van der Waals surface area contributed by atoms with Crippen LogP contribution in [0.25, 0.3) is 0 Å². The molecule has 0 atom stereocenters. The third-order valence-corrected chi connectivity index (χ3v) is 3.09. The number of ether oxygens (including phenoxy) is 1. The van der Waals surface area contributed by atoms with Crippen LogP contribution in [0.15, 0.2) is 18.2 Å². The van der Waals surface area contributed by atoms with Crippen molar-refractivity contribution >= 4 is 0 Å². The van der Waals surface area contributed by atoms with Crippen molar-refractivity contribution in [1.29, 1.82) is 0 Å². The summed E-state index contributed by atoms with van der Waals surface area (Å²) in [6, 6.07) is 4.99. The quantitative estimate of drug-likeness (QED) is 0.544. The fourth-order valence-corrected chi connectivity index (χ4v) is 1.96. The number of rotatable bonds is 9. The summed E-state index contributed by atoms with van der Waals surface area (Å²) in [4.78, 5) is 0. The van der Waals surface area contributed by atoms with Crippen molar-refractivity contribution in [2.45, 2.75) is 58.8 Å². The Morgan fingerprint density at radius 3 is 2.39 bits per heavy atom. The van der Waals surface area contributed by atoms with Gasteiger partial charge < -0.3 is 4.74 Å². The van der Waals surface area contributed by atoms with Gasteiger partial charge in [0.1, 0.15) is 0 Å². The molecule has 0 fully saturated rings. The molecule has 0 saturated heterocycles. The summed E-state index contributed by atoms with van der Waals surface area (Å²) in [5.74, 6) is 0.129. The molecule has 0 aromatic heterocycles. The monoisotopic (exact) mass is 252 g/mol. The molecule has 0 heterocycles. The van der Waals surface area contributed by atoms with Gasteiger partial charge in [0.2, 0.25) is 0 Å². The average molecular weight is 252 g/mol. The van der Waals surface area contributed by atoms with Gasteiger partial charge in [-0.15, -0.1) is 0 Å². The van der Waals surface area contributed by atoms with Crippen LogP contribution in [0.5, 0.6) is 5.75 Å². The molecule has 1 rings (SSSR count). The van der Waals surface area contributed by atoms with Crippen molar-refractivity contribution < 1.29 is 9.13 Å². The maximum atomic E-state index is 13.4. The molecule has 0 unspecified atom stereocenters. The number of hydrogen-bond acceptors (Lipinski definition) is 1. The van der Waals surface area contributed by atoms with Gasteiger partial charge in [0, 0.05) is 0 Å². The third-order valence-electron chi connectivity index (χ3n) is 3.09. The fraction of sp³-hybridized carbons (Fsp3) is 0.625. The summed E-state index contributed by atoms with van der Waals surface area (Å²) in [7, 11) is 0. The molecular weight excluding hydrogens is 227 g/mol. The molecule has 18 heavy (non-hydrogen) atoms. The highest BCUT2D eigenvalue weighted by Gasteiger charge is 2.02. The van der Waals surface area contributed by atoms with Crippen LogP contribution >= 0.6 is 0 Å². The first-order chi connectivity index (χ1) is 8.74. The third kappa shape index (κ3) is 6.04. The summed E-state index contributed by atoms with van der Waals surface area (Å²) in [6.45, 7) is 4.79. The average Bonchev–Trinajstić information content (AvgIpc) is 2.36. The number of halogens is 1. The van der Waals surface area contributed by atoms with E-state index in [9.17, 15) is 4.39 Å². The molecule has 0 N–H and O–H groups in total. The largest absolute Gasteiger partial charge is 0.491 e. The highest BCUT2D eigenvalue weighted by atomic mass is 19.1. The van der Waals surface area contributed by atoms with Crippen LogP contribution in [0, 0.1) is 12.7 Å². The Bertz CT molecular complexity index is 336.